The molecule has 0 amide bonds. The van der Waals surface area contributed by atoms with Crippen molar-refractivity contribution < 1.29 is 4.74 Å². The maximum Gasteiger partial charge on any atom is 0.119 e. The van der Waals surface area contributed by atoms with E-state index in [1.807, 2.05) is 0 Å². The molecule has 0 aromatic heterocycles. The molecule has 0 saturated carbocycles. The fraction of sp³-hybridized carbons (Fsp3) is 0.467. The molecular formula is C15H21NO. The molecule has 2 nitrogen and oxygen atoms in total. The van der Waals surface area contributed by atoms with E-state index in [2.05, 4.69) is 36.6 Å². The van der Waals surface area contributed by atoms with Crippen LogP contribution < -0.4 is 4.74 Å². The molecular weight excluding hydrogens is 210 g/mol. The van der Waals surface area contributed by atoms with Gasteiger partial charge in [-0.1, -0.05) is 18.2 Å². The standard InChI is InChI=1S/C15H21NO/c1-12(2)11-16-8-6-13-4-5-15(17-3)10-14(13)7-9-16/h4-5,10H,1,6-9,11H2,2-3H3. The van der Waals surface area contributed by atoms with E-state index in [1.165, 1.54) is 16.7 Å². The van der Waals surface area contributed by atoms with E-state index >= 15 is 0 Å². The summed E-state index contributed by atoms with van der Waals surface area (Å²) in [5, 5.41) is 0. The minimum Gasteiger partial charge on any atom is -0.497 e. The molecule has 0 fully saturated rings. The highest BCUT2D eigenvalue weighted by molar-refractivity contribution is 5.36. The third-order valence-electron chi connectivity index (χ3n) is 3.30. The highest BCUT2D eigenvalue weighted by Gasteiger charge is 2.14. The lowest BCUT2D eigenvalue weighted by molar-refractivity contribution is 0.312. The van der Waals surface area contributed by atoms with Gasteiger partial charge in [-0.2, -0.15) is 0 Å². The number of benzene rings is 1. The quantitative estimate of drug-likeness (QED) is 0.742. The summed E-state index contributed by atoms with van der Waals surface area (Å²) in [6.07, 6.45) is 2.24. The molecule has 1 aliphatic heterocycles. The summed E-state index contributed by atoms with van der Waals surface area (Å²) in [7, 11) is 1.73. The van der Waals surface area contributed by atoms with Crippen LogP contribution in [0, 0.1) is 0 Å². The normalized spacial score (nSPS) is 16.1. The van der Waals surface area contributed by atoms with Gasteiger partial charge in [-0.25, -0.2) is 0 Å². The van der Waals surface area contributed by atoms with Crippen molar-refractivity contribution in [1.29, 1.82) is 0 Å². The first-order valence-corrected chi connectivity index (χ1v) is 6.21. The monoisotopic (exact) mass is 231 g/mol. The van der Waals surface area contributed by atoms with Crippen LogP contribution in [0.2, 0.25) is 0 Å². The van der Waals surface area contributed by atoms with Crippen molar-refractivity contribution in [1.82, 2.24) is 4.90 Å². The maximum atomic E-state index is 5.28. The summed E-state index contributed by atoms with van der Waals surface area (Å²) >= 11 is 0. The first-order valence-electron chi connectivity index (χ1n) is 6.21. The van der Waals surface area contributed by atoms with Gasteiger partial charge in [-0.05, 0) is 43.0 Å². The number of nitrogens with zero attached hydrogens (tertiary/aromatic N) is 1. The van der Waals surface area contributed by atoms with Gasteiger partial charge in [0.2, 0.25) is 0 Å². The van der Waals surface area contributed by atoms with E-state index in [0.29, 0.717) is 0 Å². The fourth-order valence-corrected chi connectivity index (χ4v) is 2.41. The Morgan fingerprint density at radius 2 is 2.00 bits per heavy atom. The van der Waals surface area contributed by atoms with Gasteiger partial charge in [0.15, 0.2) is 0 Å². The van der Waals surface area contributed by atoms with Crippen molar-refractivity contribution in [2.75, 3.05) is 26.7 Å². The van der Waals surface area contributed by atoms with Crippen LogP contribution in [0.5, 0.6) is 5.75 Å². The second kappa shape index (κ2) is 5.37. The lowest BCUT2D eigenvalue weighted by Crippen LogP contribution is -2.27. The van der Waals surface area contributed by atoms with Gasteiger partial charge in [-0.3, -0.25) is 4.90 Å². The molecule has 0 atom stereocenters. The molecule has 0 radical (unpaired) electrons. The predicted octanol–water partition coefficient (Wildman–Crippen LogP) is 2.67. The molecule has 1 aliphatic rings. The zero-order chi connectivity index (χ0) is 12.3. The average molecular weight is 231 g/mol. The van der Waals surface area contributed by atoms with Crippen LogP contribution in [0.1, 0.15) is 18.1 Å². The lowest BCUT2D eigenvalue weighted by Gasteiger charge is -2.19. The Balaban J connectivity index is 2.10. The Morgan fingerprint density at radius 3 is 2.65 bits per heavy atom. The summed E-state index contributed by atoms with van der Waals surface area (Å²) in [6.45, 7) is 9.36. The molecule has 1 aromatic rings. The summed E-state index contributed by atoms with van der Waals surface area (Å²) in [5.74, 6) is 0.970. The summed E-state index contributed by atoms with van der Waals surface area (Å²) in [5.41, 5.74) is 4.15. The van der Waals surface area contributed by atoms with Gasteiger partial charge >= 0.3 is 0 Å². The molecule has 0 spiro atoms. The first-order chi connectivity index (χ1) is 8.19. The van der Waals surface area contributed by atoms with E-state index in [1.54, 1.807) is 7.11 Å². The molecule has 2 rings (SSSR count). The summed E-state index contributed by atoms with van der Waals surface area (Å²) in [6, 6.07) is 6.45. The number of methoxy groups -OCH3 is 1. The Labute approximate surface area is 104 Å². The molecule has 1 aromatic carbocycles. The van der Waals surface area contributed by atoms with Crippen LogP contribution >= 0.6 is 0 Å². The highest BCUT2D eigenvalue weighted by Crippen LogP contribution is 2.21. The zero-order valence-corrected chi connectivity index (χ0v) is 10.8. The van der Waals surface area contributed by atoms with Crippen LogP contribution in [-0.4, -0.2) is 31.6 Å². The van der Waals surface area contributed by atoms with Crippen LogP contribution in [0.15, 0.2) is 30.4 Å². The Hall–Kier alpha value is -1.28. The second-order valence-corrected chi connectivity index (χ2v) is 4.87. The first kappa shape index (κ1) is 12.2. The van der Waals surface area contributed by atoms with Crippen molar-refractivity contribution >= 4 is 0 Å². The van der Waals surface area contributed by atoms with Crippen molar-refractivity contribution in [2.45, 2.75) is 19.8 Å². The summed E-state index contributed by atoms with van der Waals surface area (Å²) < 4.78 is 5.28. The van der Waals surface area contributed by atoms with E-state index in [4.69, 9.17) is 4.74 Å². The van der Waals surface area contributed by atoms with Crippen LogP contribution in [0.25, 0.3) is 0 Å². The smallest absolute Gasteiger partial charge is 0.119 e. The topological polar surface area (TPSA) is 12.5 Å². The van der Waals surface area contributed by atoms with Gasteiger partial charge in [0, 0.05) is 19.6 Å². The van der Waals surface area contributed by atoms with Crippen molar-refractivity contribution in [2.24, 2.45) is 0 Å². The fourth-order valence-electron chi connectivity index (χ4n) is 2.41. The van der Waals surface area contributed by atoms with E-state index in [9.17, 15) is 0 Å². The summed E-state index contributed by atoms with van der Waals surface area (Å²) in [4.78, 5) is 2.48. The predicted molar refractivity (Wildman–Crippen MR) is 71.7 cm³/mol. The third kappa shape index (κ3) is 3.10. The van der Waals surface area contributed by atoms with Gasteiger partial charge in [0.25, 0.3) is 0 Å². The average Bonchev–Trinajstić information content (AvgIpc) is 2.51. The van der Waals surface area contributed by atoms with Crippen LogP contribution in [-0.2, 0) is 12.8 Å². The lowest BCUT2D eigenvalue weighted by atomic mass is 10.0. The highest BCUT2D eigenvalue weighted by atomic mass is 16.5. The van der Waals surface area contributed by atoms with Gasteiger partial charge < -0.3 is 4.74 Å². The van der Waals surface area contributed by atoms with Crippen molar-refractivity contribution in [3.05, 3.63) is 41.5 Å². The molecule has 0 saturated heterocycles. The Bertz CT molecular complexity index is 411. The van der Waals surface area contributed by atoms with Crippen molar-refractivity contribution in [3.8, 4) is 5.75 Å². The number of hydrogen-bond donors (Lipinski definition) is 0. The molecule has 0 bridgehead atoms. The molecule has 0 N–H and O–H groups in total. The third-order valence-corrected chi connectivity index (χ3v) is 3.30. The van der Waals surface area contributed by atoms with Crippen molar-refractivity contribution in [3.63, 3.8) is 0 Å². The maximum absolute atomic E-state index is 5.28. The number of fused-ring (bicyclic) bond motifs is 1. The Kier molecular flexibility index (Phi) is 3.85. The SMILES string of the molecule is C=C(C)CN1CCc2ccc(OC)cc2CC1. The Morgan fingerprint density at radius 1 is 1.29 bits per heavy atom. The van der Waals surface area contributed by atoms with Gasteiger partial charge in [-0.15, -0.1) is 0 Å². The van der Waals surface area contributed by atoms with Gasteiger partial charge in [0.1, 0.15) is 5.75 Å². The van der Waals surface area contributed by atoms with E-state index in [-0.39, 0.29) is 0 Å². The molecule has 1 heterocycles. The minimum absolute atomic E-state index is 0.970. The minimum atomic E-state index is 0.970. The van der Waals surface area contributed by atoms with Gasteiger partial charge in [0.05, 0.1) is 7.11 Å². The molecule has 2 heteroatoms. The molecule has 0 aliphatic carbocycles. The van der Waals surface area contributed by atoms with Crippen LogP contribution in [0.4, 0.5) is 0 Å². The molecule has 0 unspecified atom stereocenters. The van der Waals surface area contributed by atoms with E-state index in [0.717, 1.165) is 38.2 Å². The molecule has 17 heavy (non-hydrogen) atoms. The van der Waals surface area contributed by atoms with Crippen LogP contribution in [0.3, 0.4) is 0 Å². The number of ether oxygens (including phenoxy) is 1. The number of rotatable bonds is 3. The zero-order valence-electron chi connectivity index (χ0n) is 10.8. The number of hydrogen-bond acceptors (Lipinski definition) is 2. The van der Waals surface area contributed by atoms with E-state index < -0.39 is 0 Å². The molecule has 92 valence electrons. The largest absolute Gasteiger partial charge is 0.497 e. The second-order valence-electron chi connectivity index (χ2n) is 4.87.